The van der Waals surface area contributed by atoms with E-state index in [1.54, 1.807) is 0 Å². The van der Waals surface area contributed by atoms with Gasteiger partial charge in [0.05, 0.1) is 18.4 Å². The molecule has 1 aromatic heterocycles. The minimum absolute atomic E-state index is 0.00637. The number of alkyl halides is 3. The first-order chi connectivity index (χ1) is 8.80. The number of pyridine rings is 1. The molecule has 1 heterocycles. The molecule has 2 N–H and O–H groups in total. The average molecular weight is 277 g/mol. The lowest BCUT2D eigenvalue weighted by Gasteiger charge is -2.24. The van der Waals surface area contributed by atoms with Gasteiger partial charge >= 0.3 is 12.1 Å². The fourth-order valence-corrected chi connectivity index (χ4v) is 1.55. The standard InChI is InChI=1S/C11H14F3N3O2/c1-3-17(6-11(12,13)14)9-8(15)7(4-5-16-9)10(18)19-2/h4-5H,3,6,15H2,1-2H3. The lowest BCUT2D eigenvalue weighted by Crippen LogP contribution is -2.35. The van der Waals surface area contributed by atoms with Crippen LogP contribution < -0.4 is 10.6 Å². The highest BCUT2D eigenvalue weighted by atomic mass is 19.4. The van der Waals surface area contributed by atoms with Crippen molar-refractivity contribution in [2.24, 2.45) is 0 Å². The van der Waals surface area contributed by atoms with Gasteiger partial charge in [-0.15, -0.1) is 0 Å². The molecule has 1 aromatic rings. The molecule has 0 fully saturated rings. The van der Waals surface area contributed by atoms with E-state index in [4.69, 9.17) is 5.73 Å². The maximum atomic E-state index is 12.4. The summed E-state index contributed by atoms with van der Waals surface area (Å²) in [5.74, 6) is -0.799. The zero-order valence-electron chi connectivity index (χ0n) is 10.5. The number of nitrogens with two attached hydrogens (primary N) is 1. The molecular formula is C11H14F3N3O2. The first kappa shape index (κ1) is 15.1. The summed E-state index contributed by atoms with van der Waals surface area (Å²) in [7, 11) is 1.16. The Balaban J connectivity index is 3.15. The molecule has 0 aromatic carbocycles. The summed E-state index contributed by atoms with van der Waals surface area (Å²) < 4.78 is 41.8. The number of hydrogen-bond donors (Lipinski definition) is 1. The van der Waals surface area contributed by atoms with Crippen LogP contribution in [0.1, 0.15) is 17.3 Å². The lowest BCUT2D eigenvalue weighted by molar-refractivity contribution is -0.119. The van der Waals surface area contributed by atoms with E-state index in [0.717, 1.165) is 12.0 Å². The molecule has 0 unspecified atom stereocenters. The summed E-state index contributed by atoms with van der Waals surface area (Å²) in [4.78, 5) is 16.2. The van der Waals surface area contributed by atoms with Crippen LogP contribution in [0.4, 0.5) is 24.7 Å². The topological polar surface area (TPSA) is 68.5 Å². The Morgan fingerprint density at radius 3 is 2.63 bits per heavy atom. The van der Waals surface area contributed by atoms with Crippen LogP contribution in [-0.2, 0) is 4.74 Å². The van der Waals surface area contributed by atoms with Gasteiger partial charge < -0.3 is 15.4 Å². The Morgan fingerprint density at radius 2 is 2.16 bits per heavy atom. The summed E-state index contributed by atoms with van der Waals surface area (Å²) >= 11 is 0. The maximum Gasteiger partial charge on any atom is 0.405 e. The Kier molecular flexibility index (Phi) is 4.57. The number of rotatable bonds is 4. The molecule has 0 saturated carbocycles. The van der Waals surface area contributed by atoms with Crippen molar-refractivity contribution >= 4 is 17.5 Å². The zero-order chi connectivity index (χ0) is 14.6. The molecule has 8 heteroatoms. The molecule has 0 saturated heterocycles. The van der Waals surface area contributed by atoms with Crippen LogP contribution in [0.15, 0.2) is 12.3 Å². The monoisotopic (exact) mass is 277 g/mol. The van der Waals surface area contributed by atoms with Crippen LogP contribution in [0.2, 0.25) is 0 Å². The molecule has 0 radical (unpaired) electrons. The molecule has 1 rings (SSSR count). The van der Waals surface area contributed by atoms with Gasteiger partial charge in [-0.05, 0) is 13.0 Å². The van der Waals surface area contributed by atoms with Crippen molar-refractivity contribution in [3.63, 3.8) is 0 Å². The number of anilines is 2. The summed E-state index contributed by atoms with van der Waals surface area (Å²) in [6, 6.07) is 1.30. The Hall–Kier alpha value is -1.99. The van der Waals surface area contributed by atoms with Crippen molar-refractivity contribution < 1.29 is 22.7 Å². The molecule has 19 heavy (non-hydrogen) atoms. The van der Waals surface area contributed by atoms with E-state index in [2.05, 4.69) is 9.72 Å². The van der Waals surface area contributed by atoms with Crippen molar-refractivity contribution in [1.82, 2.24) is 4.98 Å². The summed E-state index contributed by atoms with van der Waals surface area (Å²) in [5.41, 5.74) is 5.55. The van der Waals surface area contributed by atoms with Gasteiger partial charge in [0.2, 0.25) is 0 Å². The third-order valence-electron chi connectivity index (χ3n) is 2.43. The molecule has 0 bridgehead atoms. The lowest BCUT2D eigenvalue weighted by atomic mass is 10.2. The predicted octanol–water partition coefficient (Wildman–Crippen LogP) is 1.84. The number of nitrogens with zero attached hydrogens (tertiary/aromatic N) is 2. The molecule has 0 spiro atoms. The number of carbonyl (C=O) groups excluding carboxylic acids is 1. The number of carbonyl (C=O) groups is 1. The number of hydrogen-bond acceptors (Lipinski definition) is 5. The van der Waals surface area contributed by atoms with Gasteiger partial charge in [-0.2, -0.15) is 13.2 Å². The number of nitrogen functional groups attached to an aromatic ring is 1. The van der Waals surface area contributed by atoms with Crippen LogP contribution in [0, 0.1) is 0 Å². The van der Waals surface area contributed by atoms with Gasteiger partial charge in [-0.25, -0.2) is 9.78 Å². The third-order valence-corrected chi connectivity index (χ3v) is 2.43. The van der Waals surface area contributed by atoms with Crippen LogP contribution in [-0.4, -0.2) is 37.3 Å². The van der Waals surface area contributed by atoms with E-state index < -0.39 is 18.7 Å². The van der Waals surface area contributed by atoms with E-state index in [1.165, 1.54) is 19.2 Å². The number of halogens is 3. The summed E-state index contributed by atoms with van der Waals surface area (Å²) in [6.45, 7) is 0.407. The SMILES string of the molecule is CCN(CC(F)(F)F)c1nccc(C(=O)OC)c1N. The Labute approximate surface area is 108 Å². The van der Waals surface area contributed by atoms with Crippen LogP contribution in [0.5, 0.6) is 0 Å². The highest BCUT2D eigenvalue weighted by molar-refractivity contribution is 5.97. The van der Waals surface area contributed by atoms with E-state index >= 15 is 0 Å². The van der Waals surface area contributed by atoms with E-state index in [1.807, 2.05) is 0 Å². The Bertz CT molecular complexity index is 463. The van der Waals surface area contributed by atoms with Crippen LogP contribution in [0.3, 0.4) is 0 Å². The highest BCUT2D eigenvalue weighted by Gasteiger charge is 2.32. The molecular weight excluding hydrogens is 263 g/mol. The van der Waals surface area contributed by atoms with E-state index in [0.29, 0.717) is 0 Å². The minimum atomic E-state index is -4.38. The molecule has 5 nitrogen and oxygen atoms in total. The van der Waals surface area contributed by atoms with Gasteiger partial charge in [0, 0.05) is 12.7 Å². The van der Waals surface area contributed by atoms with Crippen molar-refractivity contribution in [3.8, 4) is 0 Å². The Morgan fingerprint density at radius 1 is 1.53 bits per heavy atom. The molecule has 0 aliphatic rings. The van der Waals surface area contributed by atoms with Gasteiger partial charge in [0.1, 0.15) is 6.54 Å². The number of aromatic nitrogens is 1. The molecule has 0 aliphatic heterocycles. The zero-order valence-corrected chi connectivity index (χ0v) is 10.5. The first-order valence-electron chi connectivity index (χ1n) is 5.44. The highest BCUT2D eigenvalue weighted by Crippen LogP contribution is 2.27. The van der Waals surface area contributed by atoms with Gasteiger partial charge in [-0.3, -0.25) is 0 Å². The predicted molar refractivity (Wildman–Crippen MR) is 63.9 cm³/mol. The van der Waals surface area contributed by atoms with Crippen molar-refractivity contribution in [1.29, 1.82) is 0 Å². The molecule has 0 atom stereocenters. The van der Waals surface area contributed by atoms with Crippen LogP contribution in [0.25, 0.3) is 0 Å². The van der Waals surface area contributed by atoms with Crippen LogP contribution >= 0.6 is 0 Å². The van der Waals surface area contributed by atoms with Gasteiger partial charge in [0.15, 0.2) is 5.82 Å². The maximum absolute atomic E-state index is 12.4. The average Bonchev–Trinajstić information content (AvgIpc) is 2.34. The number of methoxy groups -OCH3 is 1. The smallest absolute Gasteiger partial charge is 0.405 e. The second-order valence-corrected chi connectivity index (χ2v) is 3.72. The van der Waals surface area contributed by atoms with Crippen molar-refractivity contribution in [2.75, 3.05) is 30.8 Å². The number of ether oxygens (including phenoxy) is 1. The van der Waals surface area contributed by atoms with E-state index in [9.17, 15) is 18.0 Å². The first-order valence-corrected chi connectivity index (χ1v) is 5.44. The molecule has 0 amide bonds. The normalized spacial score (nSPS) is 11.2. The largest absolute Gasteiger partial charge is 0.465 e. The minimum Gasteiger partial charge on any atom is -0.465 e. The second kappa shape index (κ2) is 5.77. The molecule has 0 aliphatic carbocycles. The third kappa shape index (κ3) is 3.73. The summed E-state index contributed by atoms with van der Waals surface area (Å²) in [5, 5.41) is 0. The molecule has 106 valence electrons. The number of esters is 1. The summed E-state index contributed by atoms with van der Waals surface area (Å²) in [6.07, 6.45) is -3.16. The van der Waals surface area contributed by atoms with Gasteiger partial charge in [0.25, 0.3) is 0 Å². The van der Waals surface area contributed by atoms with Gasteiger partial charge in [-0.1, -0.05) is 0 Å². The van der Waals surface area contributed by atoms with E-state index in [-0.39, 0.29) is 23.6 Å². The quantitative estimate of drug-likeness (QED) is 0.850. The van der Waals surface area contributed by atoms with Crippen molar-refractivity contribution in [2.45, 2.75) is 13.1 Å². The second-order valence-electron chi connectivity index (χ2n) is 3.72. The fourth-order valence-electron chi connectivity index (χ4n) is 1.55. The van der Waals surface area contributed by atoms with Crippen molar-refractivity contribution in [3.05, 3.63) is 17.8 Å². The fraction of sp³-hybridized carbons (Fsp3) is 0.455.